The molecule has 0 saturated carbocycles. The summed E-state index contributed by atoms with van der Waals surface area (Å²) in [6, 6.07) is 16.8. The van der Waals surface area contributed by atoms with Crippen molar-refractivity contribution < 1.29 is 4.74 Å². The average Bonchev–Trinajstić information content (AvgIpc) is 3.08. The molecule has 0 bridgehead atoms. The van der Waals surface area contributed by atoms with Crippen LogP contribution in [0.25, 0.3) is 0 Å². The fraction of sp³-hybridized carbons (Fsp3) is 0.333. The van der Waals surface area contributed by atoms with E-state index in [9.17, 15) is 0 Å². The molecular formula is C18H22N2O. The molecule has 0 atom stereocenters. The van der Waals surface area contributed by atoms with Gasteiger partial charge in [-0.2, -0.15) is 0 Å². The highest BCUT2D eigenvalue weighted by Crippen LogP contribution is 2.25. The Hall–Kier alpha value is -2.16. The van der Waals surface area contributed by atoms with Gasteiger partial charge in [0.05, 0.1) is 7.11 Å². The molecule has 3 rings (SSSR count). The first kappa shape index (κ1) is 13.8. The van der Waals surface area contributed by atoms with Gasteiger partial charge in [0, 0.05) is 31.0 Å². The number of rotatable bonds is 5. The lowest BCUT2D eigenvalue weighted by Crippen LogP contribution is -2.19. The number of methoxy groups -OCH3 is 1. The third-order valence-electron chi connectivity index (χ3n) is 4.01. The predicted octanol–water partition coefficient (Wildman–Crippen LogP) is 3.91. The lowest BCUT2D eigenvalue weighted by atomic mass is 10.1. The first-order chi connectivity index (χ1) is 10.4. The predicted molar refractivity (Wildman–Crippen MR) is 88.2 cm³/mol. The summed E-state index contributed by atoms with van der Waals surface area (Å²) < 4.78 is 5.18. The van der Waals surface area contributed by atoms with Crippen LogP contribution in [0.5, 0.6) is 5.75 Å². The minimum absolute atomic E-state index is 0.846. The molecule has 3 nitrogen and oxygen atoms in total. The summed E-state index contributed by atoms with van der Waals surface area (Å²) in [5, 5.41) is 3.49. The van der Waals surface area contributed by atoms with Gasteiger partial charge >= 0.3 is 0 Å². The molecule has 1 fully saturated rings. The van der Waals surface area contributed by atoms with Crippen molar-refractivity contribution in [3.05, 3.63) is 54.1 Å². The van der Waals surface area contributed by atoms with Crippen LogP contribution in [0.1, 0.15) is 18.4 Å². The number of anilines is 2. The van der Waals surface area contributed by atoms with E-state index in [0.29, 0.717) is 0 Å². The first-order valence-corrected chi connectivity index (χ1v) is 7.57. The number of hydrogen-bond donors (Lipinski definition) is 1. The molecule has 1 heterocycles. The highest BCUT2D eigenvalue weighted by atomic mass is 16.5. The maximum atomic E-state index is 5.18. The fourth-order valence-corrected chi connectivity index (χ4v) is 2.83. The lowest BCUT2D eigenvalue weighted by Gasteiger charge is -2.21. The standard InChI is InChI=1S/C18H22N2O/c1-21-17-10-8-16(9-11-17)19-14-15-6-2-3-7-18(15)20-12-4-5-13-20/h2-3,6-11,19H,4-5,12-14H2,1H3. The Labute approximate surface area is 126 Å². The summed E-state index contributed by atoms with van der Waals surface area (Å²) in [5.41, 5.74) is 3.85. The van der Waals surface area contributed by atoms with Gasteiger partial charge in [0.2, 0.25) is 0 Å². The molecule has 0 spiro atoms. The van der Waals surface area contributed by atoms with Crippen molar-refractivity contribution in [1.82, 2.24) is 0 Å². The van der Waals surface area contributed by atoms with Gasteiger partial charge < -0.3 is 15.0 Å². The summed E-state index contributed by atoms with van der Waals surface area (Å²) >= 11 is 0. The molecule has 3 heteroatoms. The van der Waals surface area contributed by atoms with Crippen molar-refractivity contribution >= 4 is 11.4 Å². The SMILES string of the molecule is COc1ccc(NCc2ccccc2N2CCCC2)cc1. The topological polar surface area (TPSA) is 24.5 Å². The maximum Gasteiger partial charge on any atom is 0.119 e. The second-order valence-corrected chi connectivity index (χ2v) is 5.40. The quantitative estimate of drug-likeness (QED) is 0.900. The normalized spacial score (nSPS) is 14.2. The van der Waals surface area contributed by atoms with Crippen LogP contribution in [0.2, 0.25) is 0 Å². The molecular weight excluding hydrogens is 260 g/mol. The molecule has 1 aliphatic heterocycles. The summed E-state index contributed by atoms with van der Waals surface area (Å²) in [6.45, 7) is 3.21. The van der Waals surface area contributed by atoms with E-state index in [1.807, 2.05) is 12.1 Å². The maximum absolute atomic E-state index is 5.18. The van der Waals surface area contributed by atoms with Crippen LogP contribution in [-0.4, -0.2) is 20.2 Å². The van der Waals surface area contributed by atoms with Crippen molar-refractivity contribution in [3.8, 4) is 5.75 Å². The third kappa shape index (κ3) is 3.30. The second-order valence-electron chi connectivity index (χ2n) is 5.40. The molecule has 0 unspecified atom stereocenters. The highest BCUT2D eigenvalue weighted by Gasteiger charge is 2.14. The van der Waals surface area contributed by atoms with Crippen LogP contribution in [0.4, 0.5) is 11.4 Å². The van der Waals surface area contributed by atoms with Crippen LogP contribution in [-0.2, 0) is 6.54 Å². The van der Waals surface area contributed by atoms with Gasteiger partial charge in [0.15, 0.2) is 0 Å². The third-order valence-corrected chi connectivity index (χ3v) is 4.01. The first-order valence-electron chi connectivity index (χ1n) is 7.57. The molecule has 2 aromatic carbocycles. The van der Waals surface area contributed by atoms with Gasteiger partial charge in [-0.25, -0.2) is 0 Å². The summed E-state index contributed by atoms with van der Waals surface area (Å²) in [7, 11) is 1.69. The Morgan fingerprint density at radius 3 is 2.43 bits per heavy atom. The van der Waals surface area contributed by atoms with E-state index in [1.165, 1.54) is 37.2 Å². The summed E-state index contributed by atoms with van der Waals surface area (Å²) in [6.07, 6.45) is 2.61. The largest absolute Gasteiger partial charge is 0.497 e. The van der Waals surface area contributed by atoms with Gasteiger partial charge in [-0.15, -0.1) is 0 Å². The molecule has 0 amide bonds. The van der Waals surface area contributed by atoms with Crippen LogP contribution in [0.15, 0.2) is 48.5 Å². The van der Waals surface area contributed by atoms with Crippen LogP contribution >= 0.6 is 0 Å². The highest BCUT2D eigenvalue weighted by molar-refractivity contribution is 5.56. The van der Waals surface area contributed by atoms with E-state index < -0.39 is 0 Å². The number of ether oxygens (including phenoxy) is 1. The van der Waals surface area contributed by atoms with E-state index in [4.69, 9.17) is 4.74 Å². The number of nitrogens with one attached hydrogen (secondary N) is 1. The van der Waals surface area contributed by atoms with Crippen molar-refractivity contribution in [2.45, 2.75) is 19.4 Å². The van der Waals surface area contributed by atoms with Crippen molar-refractivity contribution in [1.29, 1.82) is 0 Å². The Morgan fingerprint density at radius 2 is 1.71 bits per heavy atom. The van der Waals surface area contributed by atoms with Gasteiger partial charge in [0.1, 0.15) is 5.75 Å². The summed E-state index contributed by atoms with van der Waals surface area (Å²) in [5.74, 6) is 0.887. The molecule has 21 heavy (non-hydrogen) atoms. The molecule has 0 aliphatic carbocycles. The molecule has 1 saturated heterocycles. The second kappa shape index (κ2) is 6.53. The zero-order valence-electron chi connectivity index (χ0n) is 12.5. The van der Waals surface area contributed by atoms with Crippen LogP contribution in [0.3, 0.4) is 0 Å². The van der Waals surface area contributed by atoms with E-state index in [2.05, 4.69) is 46.6 Å². The Bertz CT molecular complexity index is 574. The Morgan fingerprint density at radius 1 is 1.00 bits per heavy atom. The number of benzene rings is 2. The molecule has 1 aliphatic rings. The minimum Gasteiger partial charge on any atom is -0.497 e. The van der Waals surface area contributed by atoms with Gasteiger partial charge in [-0.05, 0) is 48.7 Å². The molecule has 0 radical (unpaired) electrons. The summed E-state index contributed by atoms with van der Waals surface area (Å²) in [4.78, 5) is 2.49. The Balaban J connectivity index is 1.69. The van der Waals surface area contributed by atoms with Gasteiger partial charge in [0.25, 0.3) is 0 Å². The minimum atomic E-state index is 0.846. The number of hydrogen-bond acceptors (Lipinski definition) is 3. The smallest absolute Gasteiger partial charge is 0.119 e. The van der Waals surface area contributed by atoms with Crippen molar-refractivity contribution in [2.75, 3.05) is 30.4 Å². The molecule has 110 valence electrons. The molecule has 1 N–H and O–H groups in total. The zero-order chi connectivity index (χ0) is 14.5. The monoisotopic (exact) mass is 282 g/mol. The number of para-hydroxylation sites is 1. The zero-order valence-corrected chi connectivity index (χ0v) is 12.5. The number of nitrogens with zero attached hydrogens (tertiary/aromatic N) is 1. The average molecular weight is 282 g/mol. The van der Waals surface area contributed by atoms with Crippen LogP contribution < -0.4 is 15.0 Å². The van der Waals surface area contributed by atoms with Crippen molar-refractivity contribution in [2.24, 2.45) is 0 Å². The van der Waals surface area contributed by atoms with Crippen LogP contribution in [0, 0.1) is 0 Å². The van der Waals surface area contributed by atoms with E-state index in [0.717, 1.165) is 18.0 Å². The van der Waals surface area contributed by atoms with E-state index >= 15 is 0 Å². The van der Waals surface area contributed by atoms with E-state index in [1.54, 1.807) is 7.11 Å². The van der Waals surface area contributed by atoms with Gasteiger partial charge in [-0.1, -0.05) is 18.2 Å². The lowest BCUT2D eigenvalue weighted by molar-refractivity contribution is 0.415. The molecule has 2 aromatic rings. The molecule has 0 aromatic heterocycles. The van der Waals surface area contributed by atoms with Crippen molar-refractivity contribution in [3.63, 3.8) is 0 Å². The van der Waals surface area contributed by atoms with E-state index in [-0.39, 0.29) is 0 Å². The van der Waals surface area contributed by atoms with Gasteiger partial charge in [-0.3, -0.25) is 0 Å². The Kier molecular flexibility index (Phi) is 4.29. The fourth-order valence-electron chi connectivity index (χ4n) is 2.83.